The van der Waals surface area contributed by atoms with Gasteiger partial charge in [-0.1, -0.05) is 0 Å². The van der Waals surface area contributed by atoms with Crippen LogP contribution in [-0.2, 0) is 6.54 Å². The highest BCUT2D eigenvalue weighted by atomic mass is 32.2. The third-order valence-electron chi connectivity index (χ3n) is 2.13. The van der Waals surface area contributed by atoms with Crippen LogP contribution in [0.25, 0.3) is 0 Å². The van der Waals surface area contributed by atoms with E-state index in [1.165, 1.54) is 11.3 Å². The van der Waals surface area contributed by atoms with Crippen molar-refractivity contribution in [2.75, 3.05) is 18.6 Å². The fraction of sp³-hybridized carbons (Fsp3) is 0.545. The maximum absolute atomic E-state index is 10.7. The van der Waals surface area contributed by atoms with E-state index in [-0.39, 0.29) is 0 Å². The van der Waals surface area contributed by atoms with Crippen LogP contribution >= 0.6 is 23.1 Å². The van der Waals surface area contributed by atoms with Crippen molar-refractivity contribution in [2.45, 2.75) is 19.1 Å². The lowest BCUT2D eigenvalue weighted by molar-refractivity contribution is 0.0701. The first kappa shape index (κ1) is 14.5. The highest BCUT2D eigenvalue weighted by molar-refractivity contribution is 7.98. The lowest BCUT2D eigenvalue weighted by Gasteiger charge is -2.22. The molecule has 3 N–H and O–H groups in total. The molecule has 0 saturated carbocycles. The molecule has 1 aromatic rings. The standard InChI is InChI=1S/C11H17NO3S2/c1-11(15,7-16-2)6-12-5-8-3-4-9(17-8)10(13)14/h3-4,12,15H,5-7H2,1-2H3,(H,13,14). The molecule has 0 radical (unpaired) electrons. The second kappa shape index (κ2) is 6.39. The molecule has 1 unspecified atom stereocenters. The van der Waals surface area contributed by atoms with Crippen LogP contribution in [0.4, 0.5) is 0 Å². The van der Waals surface area contributed by atoms with Crippen LogP contribution < -0.4 is 5.32 Å². The lowest BCUT2D eigenvalue weighted by atomic mass is 10.1. The van der Waals surface area contributed by atoms with Crippen LogP contribution in [0.3, 0.4) is 0 Å². The Hall–Kier alpha value is -0.560. The summed E-state index contributed by atoms with van der Waals surface area (Å²) < 4.78 is 0. The van der Waals surface area contributed by atoms with Gasteiger partial charge in [0.15, 0.2) is 0 Å². The van der Waals surface area contributed by atoms with Crippen LogP contribution in [0.2, 0.25) is 0 Å². The maximum atomic E-state index is 10.7. The van der Waals surface area contributed by atoms with E-state index < -0.39 is 11.6 Å². The number of aliphatic hydroxyl groups is 1. The predicted molar refractivity (Wildman–Crippen MR) is 72.0 cm³/mol. The van der Waals surface area contributed by atoms with Crippen molar-refractivity contribution in [1.29, 1.82) is 0 Å². The number of carbonyl (C=O) groups is 1. The Kier molecular flexibility index (Phi) is 5.45. The Labute approximate surface area is 109 Å². The third-order valence-corrected chi connectivity index (χ3v) is 4.12. The number of aromatic carboxylic acids is 1. The largest absolute Gasteiger partial charge is 0.477 e. The van der Waals surface area contributed by atoms with E-state index in [0.29, 0.717) is 23.7 Å². The lowest BCUT2D eigenvalue weighted by Crippen LogP contribution is -2.39. The minimum Gasteiger partial charge on any atom is -0.477 e. The molecule has 0 aromatic carbocycles. The van der Waals surface area contributed by atoms with Crippen LogP contribution in [0.1, 0.15) is 21.5 Å². The van der Waals surface area contributed by atoms with Crippen LogP contribution in [-0.4, -0.2) is 40.3 Å². The quantitative estimate of drug-likeness (QED) is 0.706. The van der Waals surface area contributed by atoms with Gasteiger partial charge in [0.05, 0.1) is 5.60 Å². The van der Waals surface area contributed by atoms with Gasteiger partial charge in [-0.2, -0.15) is 11.8 Å². The van der Waals surface area contributed by atoms with Gasteiger partial charge in [-0.3, -0.25) is 0 Å². The minimum absolute atomic E-state index is 0.345. The van der Waals surface area contributed by atoms with Gasteiger partial charge in [0, 0.05) is 23.7 Å². The Balaban J connectivity index is 2.38. The Morgan fingerprint density at radius 2 is 2.29 bits per heavy atom. The van der Waals surface area contributed by atoms with E-state index in [4.69, 9.17) is 5.11 Å². The zero-order chi connectivity index (χ0) is 12.9. The molecule has 0 aliphatic heterocycles. The molecule has 4 nitrogen and oxygen atoms in total. The number of carboxylic acids is 1. The van der Waals surface area contributed by atoms with E-state index in [2.05, 4.69) is 5.32 Å². The monoisotopic (exact) mass is 275 g/mol. The molecule has 0 amide bonds. The molecule has 0 fully saturated rings. The van der Waals surface area contributed by atoms with Gasteiger partial charge in [-0.15, -0.1) is 11.3 Å². The molecule has 1 heterocycles. The summed E-state index contributed by atoms with van der Waals surface area (Å²) in [6, 6.07) is 3.40. The molecule has 1 atom stereocenters. The normalized spacial score (nSPS) is 14.5. The van der Waals surface area contributed by atoms with Gasteiger partial charge in [0.2, 0.25) is 0 Å². The average molecular weight is 275 g/mol. The van der Waals surface area contributed by atoms with Crippen molar-refractivity contribution in [2.24, 2.45) is 0 Å². The molecular weight excluding hydrogens is 258 g/mol. The fourth-order valence-electron chi connectivity index (χ4n) is 1.40. The molecular formula is C11H17NO3S2. The Morgan fingerprint density at radius 1 is 1.59 bits per heavy atom. The zero-order valence-electron chi connectivity index (χ0n) is 9.90. The number of rotatable bonds is 7. The van der Waals surface area contributed by atoms with Crippen LogP contribution in [0, 0.1) is 0 Å². The number of thioether (sulfide) groups is 1. The highest BCUT2D eigenvalue weighted by Crippen LogP contribution is 2.16. The Morgan fingerprint density at radius 3 is 2.82 bits per heavy atom. The average Bonchev–Trinajstić information content (AvgIpc) is 2.66. The summed E-state index contributed by atoms with van der Waals surface area (Å²) in [7, 11) is 0. The number of hydrogen-bond donors (Lipinski definition) is 3. The number of carboxylic acid groups (broad SMARTS) is 1. The molecule has 1 aromatic heterocycles. The molecule has 0 spiro atoms. The molecule has 0 aliphatic rings. The minimum atomic E-state index is -0.893. The summed E-state index contributed by atoms with van der Waals surface area (Å²) in [6.45, 7) is 2.87. The molecule has 0 aliphatic carbocycles. The molecule has 6 heteroatoms. The summed E-state index contributed by atoms with van der Waals surface area (Å²) in [5.41, 5.74) is -0.730. The molecule has 0 bridgehead atoms. The van der Waals surface area contributed by atoms with Gasteiger partial charge >= 0.3 is 5.97 Å². The van der Waals surface area contributed by atoms with E-state index in [0.717, 1.165) is 4.88 Å². The second-order valence-corrected chi connectivity index (χ2v) is 6.14. The first-order valence-electron chi connectivity index (χ1n) is 5.18. The molecule has 0 saturated heterocycles. The van der Waals surface area contributed by atoms with Crippen molar-refractivity contribution in [3.63, 3.8) is 0 Å². The van der Waals surface area contributed by atoms with Gasteiger partial charge in [-0.05, 0) is 25.3 Å². The molecule has 1 rings (SSSR count). The fourth-order valence-corrected chi connectivity index (χ4v) is 2.94. The molecule has 96 valence electrons. The predicted octanol–water partition coefficient (Wildman–Crippen LogP) is 1.65. The first-order chi connectivity index (χ1) is 7.94. The van der Waals surface area contributed by atoms with Crippen LogP contribution in [0.15, 0.2) is 12.1 Å². The van der Waals surface area contributed by atoms with Crippen molar-refractivity contribution in [3.05, 3.63) is 21.9 Å². The maximum Gasteiger partial charge on any atom is 0.345 e. The highest BCUT2D eigenvalue weighted by Gasteiger charge is 2.18. The third kappa shape index (κ3) is 5.08. The number of hydrogen-bond acceptors (Lipinski definition) is 5. The van der Waals surface area contributed by atoms with Crippen molar-refractivity contribution < 1.29 is 15.0 Å². The van der Waals surface area contributed by atoms with Gasteiger partial charge in [0.25, 0.3) is 0 Å². The molecule has 17 heavy (non-hydrogen) atoms. The number of nitrogens with one attached hydrogen (secondary N) is 1. The zero-order valence-corrected chi connectivity index (χ0v) is 11.5. The summed E-state index contributed by atoms with van der Waals surface area (Å²) in [4.78, 5) is 12.0. The van der Waals surface area contributed by atoms with E-state index in [9.17, 15) is 9.90 Å². The van der Waals surface area contributed by atoms with Gasteiger partial charge < -0.3 is 15.5 Å². The van der Waals surface area contributed by atoms with E-state index >= 15 is 0 Å². The number of thiophene rings is 1. The van der Waals surface area contributed by atoms with E-state index in [1.807, 2.05) is 6.26 Å². The van der Waals surface area contributed by atoms with Crippen molar-refractivity contribution in [1.82, 2.24) is 5.32 Å². The van der Waals surface area contributed by atoms with Crippen molar-refractivity contribution >= 4 is 29.1 Å². The summed E-state index contributed by atoms with van der Waals surface area (Å²) in [5.74, 6) is -0.221. The Bertz CT molecular complexity index is 377. The van der Waals surface area contributed by atoms with Crippen molar-refractivity contribution in [3.8, 4) is 0 Å². The SMILES string of the molecule is CSCC(C)(O)CNCc1ccc(C(=O)O)s1. The van der Waals surface area contributed by atoms with Gasteiger partial charge in [-0.25, -0.2) is 4.79 Å². The summed E-state index contributed by atoms with van der Waals surface area (Å²) in [5, 5.41) is 21.8. The second-order valence-electron chi connectivity index (χ2n) is 4.10. The first-order valence-corrected chi connectivity index (χ1v) is 7.40. The van der Waals surface area contributed by atoms with Gasteiger partial charge in [0.1, 0.15) is 4.88 Å². The smallest absolute Gasteiger partial charge is 0.345 e. The summed E-state index contributed by atoms with van der Waals surface area (Å²) in [6.07, 6.45) is 1.95. The topological polar surface area (TPSA) is 69.6 Å². The summed E-state index contributed by atoms with van der Waals surface area (Å²) >= 11 is 2.85. The van der Waals surface area contributed by atoms with Crippen LogP contribution in [0.5, 0.6) is 0 Å². The van der Waals surface area contributed by atoms with E-state index in [1.54, 1.807) is 30.8 Å².